The first kappa shape index (κ1) is 11.2. The van der Waals surface area contributed by atoms with Crippen LogP contribution in [0.15, 0.2) is 11.7 Å². The van der Waals surface area contributed by atoms with E-state index < -0.39 is 6.10 Å². The number of hydrogen-bond acceptors (Lipinski definition) is 5. The maximum absolute atomic E-state index is 9.31. The summed E-state index contributed by atoms with van der Waals surface area (Å²) in [4.78, 5) is 5.47. The van der Waals surface area contributed by atoms with Gasteiger partial charge in [0, 0.05) is 17.8 Å². The molecule has 2 rings (SSSR count). The van der Waals surface area contributed by atoms with Gasteiger partial charge in [-0.25, -0.2) is 4.98 Å². The second kappa shape index (κ2) is 4.71. The van der Waals surface area contributed by atoms with E-state index >= 15 is 0 Å². The van der Waals surface area contributed by atoms with Crippen LogP contribution in [0, 0.1) is 6.92 Å². The van der Waals surface area contributed by atoms with Gasteiger partial charge in [-0.1, -0.05) is 5.21 Å². The van der Waals surface area contributed by atoms with E-state index in [1.165, 1.54) is 4.88 Å². The third-order valence-electron chi connectivity index (χ3n) is 2.40. The third-order valence-corrected chi connectivity index (χ3v) is 3.39. The molecule has 0 aliphatic carbocycles. The summed E-state index contributed by atoms with van der Waals surface area (Å²) in [5.41, 5.74) is 3.55. The highest BCUT2D eigenvalue weighted by Crippen LogP contribution is 2.13. The van der Waals surface area contributed by atoms with E-state index in [1.807, 2.05) is 12.4 Å². The van der Waals surface area contributed by atoms with Gasteiger partial charge in [-0.2, -0.15) is 0 Å². The molecule has 0 amide bonds. The summed E-state index contributed by atoms with van der Waals surface area (Å²) in [6, 6.07) is 0. The SMILES string of the molecule is Cc1ncsc1CCn1cc(C(C)O)nn1. The van der Waals surface area contributed by atoms with Crippen molar-refractivity contribution >= 4 is 11.3 Å². The van der Waals surface area contributed by atoms with Crippen LogP contribution in [0.5, 0.6) is 0 Å². The third kappa shape index (κ3) is 2.45. The van der Waals surface area contributed by atoms with Crippen molar-refractivity contribution in [3.63, 3.8) is 0 Å². The van der Waals surface area contributed by atoms with Gasteiger partial charge < -0.3 is 5.11 Å². The highest BCUT2D eigenvalue weighted by Gasteiger charge is 2.07. The Balaban J connectivity index is 1.97. The maximum atomic E-state index is 9.31. The standard InChI is InChI=1S/C10H14N4OS/c1-7-10(16-6-11-7)3-4-14-5-9(8(2)15)12-13-14/h5-6,8,15H,3-4H2,1-2H3. The zero-order valence-electron chi connectivity index (χ0n) is 9.29. The van der Waals surface area contributed by atoms with Gasteiger partial charge in [0.25, 0.3) is 0 Å². The molecule has 2 aromatic heterocycles. The monoisotopic (exact) mass is 238 g/mol. The van der Waals surface area contributed by atoms with E-state index in [4.69, 9.17) is 0 Å². The van der Waals surface area contributed by atoms with E-state index in [1.54, 1.807) is 29.1 Å². The van der Waals surface area contributed by atoms with Gasteiger partial charge in [0.1, 0.15) is 5.69 Å². The molecule has 2 heterocycles. The molecule has 16 heavy (non-hydrogen) atoms. The Morgan fingerprint density at radius 1 is 1.56 bits per heavy atom. The molecule has 0 aromatic carbocycles. The van der Waals surface area contributed by atoms with Crippen molar-refractivity contribution in [3.8, 4) is 0 Å². The van der Waals surface area contributed by atoms with Crippen LogP contribution in [0.1, 0.15) is 29.3 Å². The van der Waals surface area contributed by atoms with Crippen molar-refractivity contribution in [2.45, 2.75) is 32.9 Å². The highest BCUT2D eigenvalue weighted by atomic mass is 32.1. The molecular weight excluding hydrogens is 224 g/mol. The van der Waals surface area contributed by atoms with Crippen LogP contribution in [0.2, 0.25) is 0 Å². The van der Waals surface area contributed by atoms with Gasteiger partial charge in [0.2, 0.25) is 0 Å². The maximum Gasteiger partial charge on any atom is 0.111 e. The summed E-state index contributed by atoms with van der Waals surface area (Å²) < 4.78 is 1.75. The first-order valence-corrected chi connectivity index (χ1v) is 6.02. The number of hydrogen-bond donors (Lipinski definition) is 1. The minimum Gasteiger partial charge on any atom is -0.387 e. The summed E-state index contributed by atoms with van der Waals surface area (Å²) in [6.07, 6.45) is 2.12. The molecule has 5 nitrogen and oxygen atoms in total. The van der Waals surface area contributed by atoms with E-state index in [2.05, 4.69) is 15.3 Å². The summed E-state index contributed by atoms with van der Waals surface area (Å²) in [5, 5.41) is 17.2. The predicted molar refractivity (Wildman–Crippen MR) is 61.2 cm³/mol. The van der Waals surface area contributed by atoms with Crippen molar-refractivity contribution in [2.75, 3.05) is 0 Å². The average molecular weight is 238 g/mol. The smallest absolute Gasteiger partial charge is 0.111 e. The Morgan fingerprint density at radius 3 is 2.94 bits per heavy atom. The molecule has 6 heteroatoms. The number of aryl methyl sites for hydroxylation is 3. The topological polar surface area (TPSA) is 63.8 Å². The van der Waals surface area contributed by atoms with E-state index in [0.29, 0.717) is 5.69 Å². The van der Waals surface area contributed by atoms with E-state index in [-0.39, 0.29) is 0 Å². The van der Waals surface area contributed by atoms with Crippen LogP contribution >= 0.6 is 11.3 Å². The van der Waals surface area contributed by atoms with Crippen LogP contribution in [-0.2, 0) is 13.0 Å². The molecule has 0 fully saturated rings. The van der Waals surface area contributed by atoms with Crippen molar-refractivity contribution in [1.82, 2.24) is 20.0 Å². The second-order valence-corrected chi connectivity index (χ2v) is 4.63. The van der Waals surface area contributed by atoms with Gasteiger partial charge in [-0.3, -0.25) is 4.68 Å². The fourth-order valence-electron chi connectivity index (χ4n) is 1.40. The average Bonchev–Trinajstić information content (AvgIpc) is 2.83. The van der Waals surface area contributed by atoms with Gasteiger partial charge >= 0.3 is 0 Å². The lowest BCUT2D eigenvalue weighted by atomic mass is 10.3. The largest absolute Gasteiger partial charge is 0.387 e. The van der Waals surface area contributed by atoms with Crippen LogP contribution in [0.3, 0.4) is 0 Å². The number of rotatable bonds is 4. The summed E-state index contributed by atoms with van der Waals surface area (Å²) in [6.45, 7) is 4.46. The highest BCUT2D eigenvalue weighted by molar-refractivity contribution is 7.09. The molecule has 0 saturated heterocycles. The fraction of sp³-hybridized carbons (Fsp3) is 0.500. The summed E-state index contributed by atoms with van der Waals surface area (Å²) >= 11 is 1.66. The second-order valence-electron chi connectivity index (χ2n) is 3.69. The van der Waals surface area contributed by atoms with Gasteiger partial charge in [-0.05, 0) is 13.8 Å². The number of aliphatic hydroxyl groups is 1. The zero-order valence-corrected chi connectivity index (χ0v) is 10.1. The molecule has 0 aliphatic rings. The van der Waals surface area contributed by atoms with Crippen LogP contribution < -0.4 is 0 Å². The first-order chi connectivity index (χ1) is 7.66. The first-order valence-electron chi connectivity index (χ1n) is 5.14. The molecule has 0 saturated carbocycles. The molecule has 86 valence electrons. The van der Waals surface area contributed by atoms with Gasteiger partial charge in [0.05, 0.1) is 23.5 Å². The minimum atomic E-state index is -0.557. The predicted octanol–water partition coefficient (Wildman–Crippen LogP) is 1.34. The molecule has 1 N–H and O–H groups in total. The molecule has 0 radical (unpaired) electrons. The van der Waals surface area contributed by atoms with Gasteiger partial charge in [0.15, 0.2) is 0 Å². The number of aromatic nitrogens is 4. The van der Waals surface area contributed by atoms with Crippen LogP contribution in [0.25, 0.3) is 0 Å². The number of nitrogens with zero attached hydrogens (tertiary/aromatic N) is 4. The lowest BCUT2D eigenvalue weighted by Crippen LogP contribution is -2.02. The number of thiazole rings is 1. The molecule has 0 aliphatic heterocycles. The summed E-state index contributed by atoms with van der Waals surface area (Å²) in [5.74, 6) is 0. The van der Waals surface area contributed by atoms with Crippen molar-refractivity contribution in [2.24, 2.45) is 0 Å². The quantitative estimate of drug-likeness (QED) is 0.873. The lowest BCUT2D eigenvalue weighted by molar-refractivity contribution is 0.194. The molecule has 0 spiro atoms. The molecule has 0 bridgehead atoms. The lowest BCUT2D eigenvalue weighted by Gasteiger charge is -1.99. The molecule has 1 unspecified atom stereocenters. The Morgan fingerprint density at radius 2 is 2.38 bits per heavy atom. The number of aliphatic hydroxyl groups excluding tert-OH is 1. The van der Waals surface area contributed by atoms with Crippen LogP contribution in [0.4, 0.5) is 0 Å². The van der Waals surface area contributed by atoms with Crippen molar-refractivity contribution in [3.05, 3.63) is 28.0 Å². The normalized spacial score (nSPS) is 12.9. The Hall–Kier alpha value is -1.27. The fourth-order valence-corrected chi connectivity index (χ4v) is 2.17. The van der Waals surface area contributed by atoms with Crippen molar-refractivity contribution in [1.29, 1.82) is 0 Å². The van der Waals surface area contributed by atoms with Gasteiger partial charge in [-0.15, -0.1) is 16.4 Å². The van der Waals surface area contributed by atoms with E-state index in [0.717, 1.165) is 18.7 Å². The zero-order chi connectivity index (χ0) is 11.5. The van der Waals surface area contributed by atoms with Crippen LogP contribution in [-0.4, -0.2) is 25.1 Å². The Bertz CT molecular complexity index is 463. The minimum absolute atomic E-state index is 0.557. The Kier molecular flexibility index (Phi) is 3.31. The molecular formula is C10H14N4OS. The Labute approximate surface area is 97.8 Å². The van der Waals surface area contributed by atoms with E-state index in [9.17, 15) is 5.11 Å². The van der Waals surface area contributed by atoms with Crippen molar-refractivity contribution < 1.29 is 5.11 Å². The molecule has 1 atom stereocenters. The summed E-state index contributed by atoms with van der Waals surface area (Å²) in [7, 11) is 0. The molecule has 2 aromatic rings.